The molecule has 1 saturated heterocycles. The van der Waals surface area contributed by atoms with E-state index in [1.807, 2.05) is 0 Å². The molecule has 2 atom stereocenters. The van der Waals surface area contributed by atoms with E-state index in [4.69, 9.17) is 10.7 Å². The number of rotatable bonds is 2. The summed E-state index contributed by atoms with van der Waals surface area (Å²) >= 11 is 1.76. The Morgan fingerprint density at radius 3 is 2.76 bits per heavy atom. The molecule has 0 bridgehead atoms. The molecule has 0 aliphatic carbocycles. The third-order valence-electron chi connectivity index (χ3n) is 3.42. The predicted molar refractivity (Wildman–Crippen MR) is 73.4 cm³/mol. The third-order valence-corrected chi connectivity index (χ3v) is 4.71. The average molecular weight is 253 g/mol. The van der Waals surface area contributed by atoms with E-state index in [2.05, 4.69) is 38.0 Å². The summed E-state index contributed by atoms with van der Waals surface area (Å²) in [5.41, 5.74) is 7.53. The van der Waals surface area contributed by atoms with Gasteiger partial charge in [0.05, 0.1) is 16.7 Å². The van der Waals surface area contributed by atoms with E-state index in [1.165, 1.54) is 10.7 Å². The molecule has 2 heterocycles. The van der Waals surface area contributed by atoms with E-state index in [0.717, 1.165) is 19.5 Å². The minimum atomic E-state index is 0.142. The first kappa shape index (κ1) is 13.0. The van der Waals surface area contributed by atoms with Crippen LogP contribution in [0.3, 0.4) is 0 Å². The lowest BCUT2D eigenvalue weighted by atomic mass is 9.98. The smallest absolute Gasteiger partial charge is 0.0982 e. The van der Waals surface area contributed by atoms with Gasteiger partial charge in [-0.15, -0.1) is 11.3 Å². The van der Waals surface area contributed by atoms with E-state index in [9.17, 15) is 0 Å². The van der Waals surface area contributed by atoms with Crippen LogP contribution >= 0.6 is 11.3 Å². The molecule has 2 rings (SSSR count). The number of likely N-dealkylation sites (N-methyl/N-ethyl adjacent to an activating group) is 1. The predicted octanol–water partition coefficient (Wildman–Crippen LogP) is 2.53. The van der Waals surface area contributed by atoms with Crippen molar-refractivity contribution in [3.05, 3.63) is 16.1 Å². The molecule has 2 unspecified atom stereocenters. The molecule has 1 aliphatic heterocycles. The number of hydrogen-bond donors (Lipinski definition) is 1. The van der Waals surface area contributed by atoms with Crippen LogP contribution in [-0.4, -0.2) is 29.0 Å². The summed E-state index contributed by atoms with van der Waals surface area (Å²) in [6, 6.07) is 0.567. The van der Waals surface area contributed by atoms with Crippen molar-refractivity contribution in [1.82, 2.24) is 9.88 Å². The van der Waals surface area contributed by atoms with Crippen LogP contribution in [-0.2, 0) is 5.41 Å². The molecular formula is C13H23N3S. The van der Waals surface area contributed by atoms with Crippen LogP contribution in [0.1, 0.15) is 50.9 Å². The van der Waals surface area contributed by atoms with Crippen LogP contribution in [0.5, 0.6) is 0 Å². The summed E-state index contributed by atoms with van der Waals surface area (Å²) in [7, 11) is 0. The topological polar surface area (TPSA) is 42.1 Å². The SMILES string of the molecule is CCN1CCC(N)C1c1csc(C(C)(C)C)n1. The molecule has 1 aromatic rings. The molecule has 0 radical (unpaired) electrons. The molecule has 2 N–H and O–H groups in total. The normalized spacial score (nSPS) is 26.6. The Morgan fingerprint density at radius 2 is 2.24 bits per heavy atom. The van der Waals surface area contributed by atoms with Crippen LogP contribution in [0.15, 0.2) is 5.38 Å². The van der Waals surface area contributed by atoms with Crippen LogP contribution in [0.2, 0.25) is 0 Å². The molecule has 3 nitrogen and oxygen atoms in total. The molecule has 0 amide bonds. The van der Waals surface area contributed by atoms with Crippen LogP contribution in [0.4, 0.5) is 0 Å². The minimum absolute atomic E-state index is 0.142. The monoisotopic (exact) mass is 253 g/mol. The number of nitrogens with zero attached hydrogens (tertiary/aromatic N) is 2. The second kappa shape index (κ2) is 4.67. The highest BCUT2D eigenvalue weighted by Gasteiger charge is 2.34. The molecule has 17 heavy (non-hydrogen) atoms. The van der Waals surface area contributed by atoms with Crippen molar-refractivity contribution in [3.63, 3.8) is 0 Å². The molecule has 4 heteroatoms. The highest BCUT2D eigenvalue weighted by molar-refractivity contribution is 7.09. The minimum Gasteiger partial charge on any atom is -0.326 e. The number of nitrogens with two attached hydrogens (primary N) is 1. The van der Waals surface area contributed by atoms with Gasteiger partial charge < -0.3 is 5.73 Å². The van der Waals surface area contributed by atoms with Crippen molar-refractivity contribution in [2.45, 2.75) is 51.6 Å². The highest BCUT2D eigenvalue weighted by Crippen LogP contribution is 2.34. The van der Waals surface area contributed by atoms with E-state index >= 15 is 0 Å². The van der Waals surface area contributed by atoms with Gasteiger partial charge in [-0.1, -0.05) is 27.7 Å². The summed E-state index contributed by atoms with van der Waals surface area (Å²) in [6.07, 6.45) is 1.08. The quantitative estimate of drug-likeness (QED) is 0.880. The summed E-state index contributed by atoms with van der Waals surface area (Å²) in [5.74, 6) is 0. The van der Waals surface area contributed by atoms with Gasteiger partial charge >= 0.3 is 0 Å². The van der Waals surface area contributed by atoms with E-state index in [1.54, 1.807) is 11.3 Å². The molecular weight excluding hydrogens is 230 g/mol. The Bertz CT molecular complexity index is 380. The molecule has 0 spiro atoms. The zero-order chi connectivity index (χ0) is 12.6. The zero-order valence-corrected chi connectivity index (χ0v) is 12.0. The molecule has 0 aromatic carbocycles. The Kier molecular flexibility index (Phi) is 3.57. The number of thiazole rings is 1. The first-order chi connectivity index (χ1) is 7.93. The van der Waals surface area contributed by atoms with Gasteiger partial charge in [-0.2, -0.15) is 0 Å². The van der Waals surface area contributed by atoms with E-state index in [-0.39, 0.29) is 11.5 Å². The maximum absolute atomic E-state index is 6.22. The second-order valence-corrected chi connectivity index (χ2v) is 6.71. The van der Waals surface area contributed by atoms with Crippen molar-refractivity contribution in [2.24, 2.45) is 5.73 Å². The van der Waals surface area contributed by atoms with Crippen molar-refractivity contribution >= 4 is 11.3 Å². The van der Waals surface area contributed by atoms with Crippen LogP contribution in [0.25, 0.3) is 0 Å². The van der Waals surface area contributed by atoms with Crippen molar-refractivity contribution in [3.8, 4) is 0 Å². The Labute approximate surface area is 108 Å². The fourth-order valence-electron chi connectivity index (χ4n) is 2.41. The van der Waals surface area contributed by atoms with Crippen LogP contribution < -0.4 is 5.73 Å². The highest BCUT2D eigenvalue weighted by atomic mass is 32.1. The first-order valence-electron chi connectivity index (χ1n) is 6.39. The van der Waals surface area contributed by atoms with Gasteiger partial charge in [0.2, 0.25) is 0 Å². The fraction of sp³-hybridized carbons (Fsp3) is 0.769. The third kappa shape index (κ3) is 2.54. The van der Waals surface area contributed by atoms with E-state index < -0.39 is 0 Å². The standard InChI is InChI=1S/C13H23N3S/c1-5-16-7-6-9(14)11(16)10-8-17-12(15-10)13(2,3)4/h8-9,11H,5-7,14H2,1-4H3. The Hall–Kier alpha value is -0.450. The summed E-state index contributed by atoms with van der Waals surface area (Å²) < 4.78 is 0. The van der Waals surface area contributed by atoms with Crippen LogP contribution in [0, 0.1) is 0 Å². The van der Waals surface area contributed by atoms with E-state index in [0.29, 0.717) is 6.04 Å². The van der Waals surface area contributed by atoms with Gasteiger partial charge in [0, 0.05) is 23.4 Å². The van der Waals surface area contributed by atoms with Crippen molar-refractivity contribution in [2.75, 3.05) is 13.1 Å². The average Bonchev–Trinajstić information content (AvgIpc) is 2.82. The summed E-state index contributed by atoms with van der Waals surface area (Å²) in [6.45, 7) is 11.0. The molecule has 1 fully saturated rings. The summed E-state index contributed by atoms with van der Waals surface area (Å²) in [5, 5.41) is 3.40. The maximum atomic E-state index is 6.22. The molecule has 0 saturated carbocycles. The van der Waals surface area contributed by atoms with Crippen molar-refractivity contribution < 1.29 is 0 Å². The van der Waals surface area contributed by atoms with Gasteiger partial charge in [0.1, 0.15) is 0 Å². The molecule has 1 aromatic heterocycles. The van der Waals surface area contributed by atoms with Gasteiger partial charge in [0.15, 0.2) is 0 Å². The second-order valence-electron chi connectivity index (χ2n) is 5.85. The Balaban J connectivity index is 2.24. The van der Waals surface area contributed by atoms with Crippen molar-refractivity contribution in [1.29, 1.82) is 0 Å². The number of likely N-dealkylation sites (tertiary alicyclic amines) is 1. The fourth-order valence-corrected chi connectivity index (χ4v) is 3.35. The van der Waals surface area contributed by atoms with Gasteiger partial charge in [0.25, 0.3) is 0 Å². The zero-order valence-electron chi connectivity index (χ0n) is 11.2. The van der Waals surface area contributed by atoms with Gasteiger partial charge in [-0.25, -0.2) is 4.98 Å². The molecule has 96 valence electrons. The van der Waals surface area contributed by atoms with Gasteiger partial charge in [-0.05, 0) is 13.0 Å². The summed E-state index contributed by atoms with van der Waals surface area (Å²) in [4.78, 5) is 7.25. The lowest BCUT2D eigenvalue weighted by molar-refractivity contribution is 0.256. The number of hydrogen-bond acceptors (Lipinski definition) is 4. The largest absolute Gasteiger partial charge is 0.326 e. The molecule has 1 aliphatic rings. The lowest BCUT2D eigenvalue weighted by Gasteiger charge is -2.24. The first-order valence-corrected chi connectivity index (χ1v) is 7.27. The number of aromatic nitrogens is 1. The van der Waals surface area contributed by atoms with Gasteiger partial charge in [-0.3, -0.25) is 4.90 Å². The lowest BCUT2D eigenvalue weighted by Crippen LogP contribution is -2.32. The Morgan fingerprint density at radius 1 is 1.53 bits per heavy atom. The maximum Gasteiger partial charge on any atom is 0.0982 e.